The van der Waals surface area contributed by atoms with Gasteiger partial charge in [0.05, 0.1) is 23.7 Å². The lowest BCUT2D eigenvalue weighted by molar-refractivity contribution is -0.121. The molecule has 2 N–H and O–H groups in total. The first-order chi connectivity index (χ1) is 18.5. The van der Waals surface area contributed by atoms with Gasteiger partial charge in [-0.15, -0.1) is 0 Å². The largest absolute Gasteiger partial charge is 0.343 e. The number of likely N-dealkylation sites (tertiary alicyclic amines) is 1. The van der Waals surface area contributed by atoms with Gasteiger partial charge in [-0.3, -0.25) is 14.5 Å². The van der Waals surface area contributed by atoms with E-state index >= 15 is 0 Å². The first kappa shape index (κ1) is 27.3. The molecule has 39 heavy (non-hydrogen) atoms. The molecule has 12 heteroatoms. The first-order valence-electron chi connectivity index (χ1n) is 13.6. The van der Waals surface area contributed by atoms with Crippen molar-refractivity contribution in [2.75, 3.05) is 46.8 Å². The summed E-state index contributed by atoms with van der Waals surface area (Å²) in [4.78, 5) is 40.6. The molecule has 2 fully saturated rings. The van der Waals surface area contributed by atoms with Crippen molar-refractivity contribution in [1.29, 1.82) is 0 Å². The summed E-state index contributed by atoms with van der Waals surface area (Å²) in [5.74, 6) is 0.718. The van der Waals surface area contributed by atoms with E-state index in [1.54, 1.807) is 19.3 Å². The Bertz CT molecular complexity index is 1370. The number of nitrogens with one attached hydrogen (secondary N) is 2. The van der Waals surface area contributed by atoms with Gasteiger partial charge in [0.25, 0.3) is 0 Å². The molecule has 3 heterocycles. The minimum atomic E-state index is -3.56. The van der Waals surface area contributed by atoms with E-state index < -0.39 is 9.84 Å². The molecule has 0 unspecified atom stereocenters. The molecule has 210 valence electrons. The lowest BCUT2D eigenvalue weighted by Crippen LogP contribution is -2.47. The van der Waals surface area contributed by atoms with Crippen LogP contribution in [-0.4, -0.2) is 79.6 Å². The SMILES string of the molecule is CC(C)N1CC(=O)N(C)c2cnc(Nc3cc(NC(=O)[C@@H]4CCCN4C4CCCC4)cc(S(C)(=O)=O)c3)nc21. The van der Waals surface area contributed by atoms with Gasteiger partial charge in [0.2, 0.25) is 17.8 Å². The maximum Gasteiger partial charge on any atom is 0.246 e. The highest BCUT2D eigenvalue weighted by molar-refractivity contribution is 7.90. The van der Waals surface area contributed by atoms with Crippen LogP contribution in [0, 0.1) is 0 Å². The molecule has 0 radical (unpaired) electrons. The standard InChI is InChI=1S/C27H37N7O4S/c1-17(2)34-16-24(35)32(3)23-15-28-27(31-25(23)34)30-19-12-18(13-21(14-19)39(4,37)38)29-26(36)22-10-7-11-33(22)20-8-5-6-9-20/h12-15,17,20,22H,5-11,16H2,1-4H3,(H,29,36)(H,28,30,31)/t22-/m0/s1. The van der Waals surface area contributed by atoms with Crippen molar-refractivity contribution in [1.82, 2.24) is 14.9 Å². The molecule has 3 aliphatic rings. The number of carbonyl (C=O) groups excluding carboxylic acids is 2. The second kappa shape index (κ2) is 10.7. The van der Waals surface area contributed by atoms with E-state index in [-0.39, 0.29) is 41.3 Å². The fourth-order valence-electron chi connectivity index (χ4n) is 5.82. The zero-order valence-electron chi connectivity index (χ0n) is 23.0. The van der Waals surface area contributed by atoms with Gasteiger partial charge in [-0.25, -0.2) is 13.4 Å². The molecule has 0 spiro atoms. The van der Waals surface area contributed by atoms with Gasteiger partial charge >= 0.3 is 0 Å². The molecule has 1 aromatic heterocycles. The summed E-state index contributed by atoms with van der Waals surface area (Å²) >= 11 is 0. The normalized spacial score (nSPS) is 20.5. The quantitative estimate of drug-likeness (QED) is 0.529. The number of benzene rings is 1. The Kier molecular flexibility index (Phi) is 7.51. The smallest absolute Gasteiger partial charge is 0.246 e. The van der Waals surface area contributed by atoms with Gasteiger partial charge < -0.3 is 20.4 Å². The zero-order chi connectivity index (χ0) is 27.9. The number of rotatable bonds is 7. The Balaban J connectivity index is 1.41. The maximum absolute atomic E-state index is 13.3. The molecule has 0 bridgehead atoms. The number of likely N-dealkylation sites (N-methyl/N-ethyl adjacent to an activating group) is 1. The van der Waals surface area contributed by atoms with Crippen LogP contribution >= 0.6 is 0 Å². The van der Waals surface area contributed by atoms with Crippen molar-refractivity contribution in [3.05, 3.63) is 24.4 Å². The third-order valence-electron chi connectivity index (χ3n) is 7.94. The van der Waals surface area contributed by atoms with Crippen LogP contribution in [0.4, 0.5) is 28.8 Å². The third kappa shape index (κ3) is 5.72. The van der Waals surface area contributed by atoms with Crippen LogP contribution in [0.1, 0.15) is 52.4 Å². The van der Waals surface area contributed by atoms with E-state index in [0.29, 0.717) is 28.9 Å². The Hall–Kier alpha value is -3.25. The summed E-state index contributed by atoms with van der Waals surface area (Å²) in [5.41, 5.74) is 1.44. The number of hydrogen-bond donors (Lipinski definition) is 2. The highest BCUT2D eigenvalue weighted by Gasteiger charge is 2.36. The third-order valence-corrected chi connectivity index (χ3v) is 9.03. The predicted molar refractivity (Wildman–Crippen MR) is 151 cm³/mol. The highest BCUT2D eigenvalue weighted by atomic mass is 32.2. The molecule has 2 aliphatic heterocycles. The first-order valence-corrected chi connectivity index (χ1v) is 15.5. The highest BCUT2D eigenvalue weighted by Crippen LogP contribution is 2.34. The molecule has 1 saturated carbocycles. The lowest BCUT2D eigenvalue weighted by atomic mass is 10.1. The van der Waals surface area contributed by atoms with Crippen molar-refractivity contribution >= 4 is 50.5 Å². The van der Waals surface area contributed by atoms with Crippen molar-refractivity contribution in [2.45, 2.75) is 75.4 Å². The number of fused-ring (bicyclic) bond motifs is 1. The Morgan fingerprint density at radius 1 is 1.08 bits per heavy atom. The number of sulfone groups is 1. The number of aromatic nitrogens is 2. The molecule has 11 nitrogen and oxygen atoms in total. The van der Waals surface area contributed by atoms with Crippen LogP contribution in [0.15, 0.2) is 29.3 Å². The molecule has 1 aliphatic carbocycles. The van der Waals surface area contributed by atoms with Crippen molar-refractivity contribution in [3.63, 3.8) is 0 Å². The predicted octanol–water partition coefficient (Wildman–Crippen LogP) is 3.16. The van der Waals surface area contributed by atoms with Gasteiger partial charge in [0.1, 0.15) is 5.69 Å². The van der Waals surface area contributed by atoms with Crippen molar-refractivity contribution in [3.8, 4) is 0 Å². The maximum atomic E-state index is 13.3. The molecule has 1 atom stereocenters. The number of carbonyl (C=O) groups is 2. The molecule has 5 rings (SSSR count). The number of hydrogen-bond acceptors (Lipinski definition) is 9. The van der Waals surface area contributed by atoms with Crippen LogP contribution in [0.25, 0.3) is 0 Å². The van der Waals surface area contributed by atoms with Crippen LogP contribution < -0.4 is 20.4 Å². The molecule has 1 saturated heterocycles. The van der Waals surface area contributed by atoms with E-state index in [1.165, 1.54) is 29.9 Å². The van der Waals surface area contributed by atoms with E-state index in [2.05, 4.69) is 25.5 Å². The Morgan fingerprint density at radius 2 is 1.79 bits per heavy atom. The summed E-state index contributed by atoms with van der Waals surface area (Å²) in [6, 6.07) is 4.96. The average Bonchev–Trinajstić information content (AvgIpc) is 3.57. The second-order valence-electron chi connectivity index (χ2n) is 11.0. The molecule has 1 aromatic carbocycles. The van der Waals surface area contributed by atoms with Gasteiger partial charge in [0.15, 0.2) is 15.7 Å². The summed E-state index contributed by atoms with van der Waals surface area (Å²) in [7, 11) is -1.87. The summed E-state index contributed by atoms with van der Waals surface area (Å²) in [5, 5.41) is 6.09. The van der Waals surface area contributed by atoms with Gasteiger partial charge in [-0.05, 0) is 64.3 Å². The fourth-order valence-corrected chi connectivity index (χ4v) is 6.50. The minimum Gasteiger partial charge on any atom is -0.343 e. The van der Waals surface area contributed by atoms with Crippen LogP contribution in [0.3, 0.4) is 0 Å². The van der Waals surface area contributed by atoms with E-state index in [4.69, 9.17) is 0 Å². The molecular formula is C27H37N7O4S. The fraction of sp³-hybridized carbons (Fsp3) is 0.556. The van der Waals surface area contributed by atoms with E-state index in [1.807, 2.05) is 18.7 Å². The molecule has 2 amide bonds. The van der Waals surface area contributed by atoms with Crippen LogP contribution in [0.2, 0.25) is 0 Å². The topological polar surface area (TPSA) is 128 Å². The van der Waals surface area contributed by atoms with Gasteiger partial charge in [-0.1, -0.05) is 12.8 Å². The summed E-state index contributed by atoms with van der Waals surface area (Å²) in [6.07, 6.45) is 9.15. The van der Waals surface area contributed by atoms with Crippen LogP contribution in [0.5, 0.6) is 0 Å². The number of anilines is 5. The van der Waals surface area contributed by atoms with Gasteiger partial charge in [-0.2, -0.15) is 4.98 Å². The van der Waals surface area contributed by atoms with E-state index in [0.717, 1.165) is 38.5 Å². The summed E-state index contributed by atoms with van der Waals surface area (Å²) < 4.78 is 25.0. The van der Waals surface area contributed by atoms with Crippen molar-refractivity contribution < 1.29 is 18.0 Å². The van der Waals surface area contributed by atoms with E-state index in [9.17, 15) is 18.0 Å². The molecular weight excluding hydrogens is 518 g/mol. The monoisotopic (exact) mass is 555 g/mol. The second-order valence-corrected chi connectivity index (χ2v) is 13.1. The number of nitrogens with zero attached hydrogens (tertiary/aromatic N) is 5. The Labute approximate surface area is 229 Å². The van der Waals surface area contributed by atoms with Crippen LogP contribution in [-0.2, 0) is 19.4 Å². The van der Waals surface area contributed by atoms with Gasteiger partial charge in [0, 0.05) is 36.8 Å². The lowest BCUT2D eigenvalue weighted by Gasteiger charge is -2.36. The minimum absolute atomic E-state index is 0.0407. The van der Waals surface area contributed by atoms with Crippen molar-refractivity contribution in [2.24, 2.45) is 0 Å². The Morgan fingerprint density at radius 3 is 2.49 bits per heavy atom. The number of amides is 2. The zero-order valence-corrected chi connectivity index (χ0v) is 23.8. The average molecular weight is 556 g/mol. The summed E-state index contributed by atoms with van der Waals surface area (Å²) in [6.45, 7) is 5.10. The molecule has 2 aromatic rings.